The lowest BCUT2D eigenvalue weighted by molar-refractivity contribution is 0.171. The zero-order valence-electron chi connectivity index (χ0n) is 8.06. The second-order valence-electron chi connectivity index (χ2n) is 2.90. The molecule has 1 heterocycles. The summed E-state index contributed by atoms with van der Waals surface area (Å²) in [5, 5.41) is 11.5. The van der Waals surface area contributed by atoms with Crippen LogP contribution in [0.2, 0.25) is 0 Å². The monoisotopic (exact) mass is 210 g/mol. The Kier molecular flexibility index (Phi) is 2.24. The maximum Gasteiger partial charge on any atom is 0.231 e. The first kappa shape index (κ1) is 9.45. The first-order chi connectivity index (χ1) is 7.26. The number of rotatable bonds is 2. The molecule has 0 fully saturated rings. The molecule has 15 heavy (non-hydrogen) atoms. The number of hydrogen-bond acceptors (Lipinski definition) is 5. The number of amidine groups is 1. The molecule has 0 aromatic heterocycles. The fourth-order valence-corrected chi connectivity index (χ4v) is 1.34. The number of oxime groups is 1. The Morgan fingerprint density at radius 2 is 2.33 bits per heavy atom. The van der Waals surface area contributed by atoms with Gasteiger partial charge < -0.3 is 25.2 Å². The molecule has 0 saturated carbocycles. The quantitative estimate of drug-likeness (QED) is 0.321. The van der Waals surface area contributed by atoms with Crippen molar-refractivity contribution < 1.29 is 19.4 Å². The van der Waals surface area contributed by atoms with Crippen molar-refractivity contribution >= 4 is 5.84 Å². The summed E-state index contributed by atoms with van der Waals surface area (Å²) in [5.41, 5.74) is 5.97. The topological polar surface area (TPSA) is 86.3 Å². The predicted octanol–water partition coefficient (Wildman–Crippen LogP) is 0.518. The Morgan fingerprint density at radius 3 is 3.00 bits per heavy atom. The van der Waals surface area contributed by atoms with Gasteiger partial charge in [-0.05, 0) is 12.1 Å². The molecule has 1 aliphatic heterocycles. The fourth-order valence-electron chi connectivity index (χ4n) is 1.34. The third-order valence-corrected chi connectivity index (χ3v) is 2.06. The summed E-state index contributed by atoms with van der Waals surface area (Å²) < 4.78 is 15.5. The summed E-state index contributed by atoms with van der Waals surface area (Å²) in [6.45, 7) is 0.144. The molecule has 1 aliphatic rings. The average molecular weight is 210 g/mol. The summed E-state index contributed by atoms with van der Waals surface area (Å²) in [7, 11) is 1.51. The minimum atomic E-state index is -0.00778. The number of nitrogens with zero attached hydrogens (tertiary/aromatic N) is 1. The van der Waals surface area contributed by atoms with Crippen molar-refractivity contribution in [2.24, 2.45) is 10.9 Å². The average Bonchev–Trinajstić information content (AvgIpc) is 2.74. The molecule has 0 spiro atoms. The molecular formula is C9H10N2O4. The van der Waals surface area contributed by atoms with Crippen molar-refractivity contribution in [3.8, 4) is 17.2 Å². The number of benzene rings is 1. The van der Waals surface area contributed by atoms with E-state index in [0.29, 0.717) is 22.8 Å². The number of hydrogen-bond donors (Lipinski definition) is 2. The number of nitrogens with two attached hydrogens (primary N) is 1. The van der Waals surface area contributed by atoms with E-state index in [1.165, 1.54) is 7.11 Å². The van der Waals surface area contributed by atoms with Crippen LogP contribution in [0.25, 0.3) is 0 Å². The van der Waals surface area contributed by atoms with Crippen LogP contribution in [0.1, 0.15) is 5.56 Å². The summed E-state index contributed by atoms with van der Waals surface area (Å²) in [6, 6.07) is 3.24. The molecule has 0 amide bonds. The lowest BCUT2D eigenvalue weighted by atomic mass is 10.1. The van der Waals surface area contributed by atoms with Gasteiger partial charge in [-0.3, -0.25) is 0 Å². The molecule has 6 heteroatoms. The Morgan fingerprint density at radius 1 is 1.53 bits per heavy atom. The van der Waals surface area contributed by atoms with Crippen molar-refractivity contribution in [3.63, 3.8) is 0 Å². The maximum absolute atomic E-state index is 8.55. The van der Waals surface area contributed by atoms with Gasteiger partial charge in [0.1, 0.15) is 0 Å². The highest BCUT2D eigenvalue weighted by atomic mass is 16.7. The molecule has 0 bridgehead atoms. The number of ether oxygens (including phenoxy) is 3. The Hall–Kier alpha value is -2.11. The fraction of sp³-hybridized carbons (Fsp3) is 0.222. The van der Waals surface area contributed by atoms with Gasteiger partial charge in [-0.2, -0.15) is 0 Å². The molecule has 80 valence electrons. The van der Waals surface area contributed by atoms with Crippen molar-refractivity contribution in [1.29, 1.82) is 0 Å². The minimum Gasteiger partial charge on any atom is -0.493 e. The van der Waals surface area contributed by atoms with E-state index in [-0.39, 0.29) is 12.6 Å². The largest absolute Gasteiger partial charge is 0.493 e. The number of methoxy groups -OCH3 is 1. The highest BCUT2D eigenvalue weighted by molar-refractivity contribution is 5.98. The van der Waals surface area contributed by atoms with Crippen LogP contribution in [-0.4, -0.2) is 24.9 Å². The molecule has 0 radical (unpaired) electrons. The van der Waals surface area contributed by atoms with Crippen LogP contribution in [0.4, 0.5) is 0 Å². The van der Waals surface area contributed by atoms with E-state index in [1.54, 1.807) is 12.1 Å². The molecule has 1 aromatic carbocycles. The van der Waals surface area contributed by atoms with E-state index in [2.05, 4.69) is 5.16 Å². The van der Waals surface area contributed by atoms with Crippen LogP contribution in [0.3, 0.4) is 0 Å². The molecule has 6 nitrogen and oxygen atoms in total. The molecule has 0 saturated heterocycles. The van der Waals surface area contributed by atoms with E-state index < -0.39 is 0 Å². The van der Waals surface area contributed by atoms with Gasteiger partial charge >= 0.3 is 0 Å². The SMILES string of the molecule is COc1cc(/C(N)=N/O)cc2c1OCO2. The van der Waals surface area contributed by atoms with Crippen LogP contribution in [0.15, 0.2) is 17.3 Å². The minimum absolute atomic E-state index is 0.00778. The van der Waals surface area contributed by atoms with Gasteiger partial charge in [-0.1, -0.05) is 5.16 Å². The lowest BCUT2D eigenvalue weighted by Gasteiger charge is -2.06. The standard InChI is InChI=1S/C9H10N2O4/c1-13-6-2-5(9(10)11-12)3-7-8(6)15-4-14-7/h2-3,12H,4H2,1H3,(H2,10,11). The summed E-state index contributed by atoms with van der Waals surface area (Å²) >= 11 is 0. The van der Waals surface area contributed by atoms with Gasteiger partial charge in [-0.25, -0.2) is 0 Å². The zero-order chi connectivity index (χ0) is 10.8. The zero-order valence-corrected chi connectivity index (χ0v) is 8.06. The first-order valence-electron chi connectivity index (χ1n) is 4.21. The van der Waals surface area contributed by atoms with Gasteiger partial charge in [0.2, 0.25) is 12.5 Å². The predicted molar refractivity (Wildman–Crippen MR) is 51.6 cm³/mol. The Bertz CT molecular complexity index is 417. The van der Waals surface area contributed by atoms with E-state index in [9.17, 15) is 0 Å². The van der Waals surface area contributed by atoms with Gasteiger partial charge in [0, 0.05) is 5.56 Å². The lowest BCUT2D eigenvalue weighted by Crippen LogP contribution is -2.13. The van der Waals surface area contributed by atoms with E-state index in [1.807, 2.05) is 0 Å². The van der Waals surface area contributed by atoms with Gasteiger partial charge in [-0.15, -0.1) is 0 Å². The third-order valence-electron chi connectivity index (χ3n) is 2.06. The third kappa shape index (κ3) is 1.50. The van der Waals surface area contributed by atoms with Crippen molar-refractivity contribution in [1.82, 2.24) is 0 Å². The molecular weight excluding hydrogens is 200 g/mol. The maximum atomic E-state index is 8.55. The molecule has 0 unspecified atom stereocenters. The van der Waals surface area contributed by atoms with Gasteiger partial charge in [0.05, 0.1) is 7.11 Å². The van der Waals surface area contributed by atoms with Crippen LogP contribution in [-0.2, 0) is 0 Å². The van der Waals surface area contributed by atoms with Crippen molar-refractivity contribution in [3.05, 3.63) is 17.7 Å². The second-order valence-corrected chi connectivity index (χ2v) is 2.90. The van der Waals surface area contributed by atoms with E-state index in [4.69, 9.17) is 25.2 Å². The normalized spacial score (nSPS) is 14.1. The van der Waals surface area contributed by atoms with Crippen LogP contribution >= 0.6 is 0 Å². The van der Waals surface area contributed by atoms with E-state index in [0.717, 1.165) is 0 Å². The van der Waals surface area contributed by atoms with Crippen LogP contribution in [0, 0.1) is 0 Å². The van der Waals surface area contributed by atoms with Gasteiger partial charge in [0.15, 0.2) is 17.3 Å². The first-order valence-corrected chi connectivity index (χ1v) is 4.21. The molecule has 0 aliphatic carbocycles. The van der Waals surface area contributed by atoms with Crippen LogP contribution < -0.4 is 19.9 Å². The second kappa shape index (κ2) is 3.56. The van der Waals surface area contributed by atoms with Crippen LogP contribution in [0.5, 0.6) is 17.2 Å². The smallest absolute Gasteiger partial charge is 0.231 e. The molecule has 0 atom stereocenters. The van der Waals surface area contributed by atoms with Crippen molar-refractivity contribution in [2.45, 2.75) is 0 Å². The highest BCUT2D eigenvalue weighted by Gasteiger charge is 2.20. The summed E-state index contributed by atoms with van der Waals surface area (Å²) in [5.74, 6) is 1.54. The molecule has 1 aromatic rings. The molecule has 3 N–H and O–H groups in total. The summed E-state index contributed by atoms with van der Waals surface area (Å²) in [4.78, 5) is 0. The van der Waals surface area contributed by atoms with Crippen molar-refractivity contribution in [2.75, 3.05) is 13.9 Å². The van der Waals surface area contributed by atoms with Gasteiger partial charge in [0.25, 0.3) is 0 Å². The molecule has 2 rings (SSSR count). The Labute approximate surface area is 85.8 Å². The highest BCUT2D eigenvalue weighted by Crippen LogP contribution is 2.41. The number of fused-ring (bicyclic) bond motifs is 1. The Balaban J connectivity index is 2.52. The summed E-state index contributed by atoms with van der Waals surface area (Å²) in [6.07, 6.45) is 0. The van der Waals surface area contributed by atoms with E-state index >= 15 is 0 Å².